The van der Waals surface area contributed by atoms with Gasteiger partial charge >= 0.3 is 62.6 Å². The van der Waals surface area contributed by atoms with Gasteiger partial charge in [-0.3, -0.25) is 0 Å². The third-order valence-corrected chi connectivity index (χ3v) is 19.5. The van der Waals surface area contributed by atoms with Gasteiger partial charge in [-0.05, 0) is 84.6 Å². The van der Waals surface area contributed by atoms with E-state index in [1.165, 1.54) is 58.2 Å². The first-order chi connectivity index (χ1) is 26.8. The molecule has 0 saturated carbocycles. The van der Waals surface area contributed by atoms with E-state index >= 15 is 0 Å². The Morgan fingerprint density at radius 2 is 0.418 bits per heavy atom. The Morgan fingerprint density at radius 1 is 0.255 bits per heavy atom. The molecule has 6 aromatic rings. The zero-order valence-corrected chi connectivity index (χ0v) is 35.2. The smallest absolute Gasteiger partial charge is 0.0746 e. The van der Waals surface area contributed by atoms with Crippen LogP contribution in [0, 0.1) is 26.6 Å². The van der Waals surface area contributed by atoms with Gasteiger partial charge in [0.1, 0.15) is 0 Å². The standard InChI is InChI=1S/C42H42P4.4CO.Cr/c1-7-19-37(20-8-1)43(33-35-45(39-23-11-3-12-24-39)40-25-13-4-14-26-40)31-32-44(38-21-9-2-10-22-38)34-36-46(41-27-15-5-16-28-41)42-29-17-6-18-30-42;4*1-2;/h1-30H,31-36H2;;;;;/q;;;;;+4. The van der Waals surface area contributed by atoms with Crippen LogP contribution in [0.25, 0.3) is 0 Å². The van der Waals surface area contributed by atoms with E-state index in [1.807, 2.05) is 0 Å². The van der Waals surface area contributed by atoms with E-state index in [1.54, 1.807) is 10.6 Å². The molecule has 0 saturated heterocycles. The van der Waals surface area contributed by atoms with Crippen molar-refractivity contribution < 1.29 is 36.0 Å². The molecule has 0 spiro atoms. The van der Waals surface area contributed by atoms with Crippen LogP contribution in [0.3, 0.4) is 0 Å². The van der Waals surface area contributed by atoms with Crippen LogP contribution >= 0.6 is 31.7 Å². The molecule has 4 nitrogen and oxygen atoms in total. The van der Waals surface area contributed by atoms with Crippen LogP contribution in [0.4, 0.5) is 0 Å². The topological polar surface area (TPSA) is 79.6 Å². The van der Waals surface area contributed by atoms with Gasteiger partial charge in [-0.15, -0.1) is 0 Å². The fraction of sp³-hybridized carbons (Fsp3) is 0.130. The summed E-state index contributed by atoms with van der Waals surface area (Å²) in [7, 11) is -1.31. The van der Waals surface area contributed by atoms with Gasteiger partial charge in [-0.25, -0.2) is 0 Å². The molecule has 2 atom stereocenters. The first-order valence-corrected chi connectivity index (χ1v) is 23.5. The summed E-state index contributed by atoms with van der Waals surface area (Å²) in [6.45, 7) is 18.0. The molecule has 0 radical (unpaired) electrons. The molecule has 0 aliphatic rings. The predicted molar refractivity (Wildman–Crippen MR) is 229 cm³/mol. The van der Waals surface area contributed by atoms with E-state index in [2.05, 4.69) is 209 Å². The van der Waals surface area contributed by atoms with Crippen LogP contribution in [-0.2, 0) is 36.0 Å². The fourth-order valence-electron chi connectivity index (χ4n) is 5.95. The summed E-state index contributed by atoms with van der Waals surface area (Å²) in [6, 6.07) is 67.9. The Kier molecular flexibility index (Phi) is 28.6. The molecular weight excluding hydrogens is 792 g/mol. The maximum Gasteiger partial charge on any atom is 4.00 e. The molecule has 272 valence electrons. The maximum absolute atomic E-state index is 7.50. The fourth-order valence-corrected chi connectivity index (χ4v) is 17.8. The molecule has 0 aliphatic heterocycles. The Hall–Kier alpha value is -3.47. The van der Waals surface area contributed by atoms with Crippen LogP contribution in [0.1, 0.15) is 0 Å². The van der Waals surface area contributed by atoms with E-state index < -0.39 is 0 Å². The summed E-state index contributed by atoms with van der Waals surface area (Å²) in [4.78, 5) is 0. The van der Waals surface area contributed by atoms with Crippen molar-refractivity contribution in [3.05, 3.63) is 209 Å². The minimum Gasteiger partial charge on any atom is -0.0746 e. The molecule has 0 heterocycles. The molecule has 0 N–H and O–H groups in total. The number of benzene rings is 6. The number of hydrogen-bond acceptors (Lipinski definition) is 0. The summed E-state index contributed by atoms with van der Waals surface area (Å²) < 4.78 is 30.0. The SMILES string of the molecule is [C-]#[O+].[C-]#[O+].[C-]#[O+].[C-]#[O+].[Cr+4].c1ccc(P(CCP(CCP(c2ccccc2)c2ccccc2)c2ccccc2)CCP(c2ccccc2)c2ccccc2)cc1. The summed E-state index contributed by atoms with van der Waals surface area (Å²) in [5.74, 6) is 0. The maximum atomic E-state index is 7.50. The van der Waals surface area contributed by atoms with Crippen molar-refractivity contribution in [2.24, 2.45) is 0 Å². The molecule has 0 amide bonds. The van der Waals surface area contributed by atoms with Gasteiger partial charge < -0.3 is 0 Å². The second kappa shape index (κ2) is 31.7. The molecule has 55 heavy (non-hydrogen) atoms. The zero-order chi connectivity index (χ0) is 39.2. The molecule has 0 bridgehead atoms. The van der Waals surface area contributed by atoms with Crippen LogP contribution in [0.2, 0.25) is 0 Å². The first-order valence-electron chi connectivity index (χ1n) is 17.0. The van der Waals surface area contributed by atoms with Crippen molar-refractivity contribution in [2.75, 3.05) is 37.0 Å². The average Bonchev–Trinajstić information content (AvgIpc) is 3.29. The van der Waals surface area contributed by atoms with Crippen molar-refractivity contribution in [1.82, 2.24) is 0 Å². The van der Waals surface area contributed by atoms with Crippen LogP contribution in [0.15, 0.2) is 182 Å². The van der Waals surface area contributed by atoms with Gasteiger partial charge in [0, 0.05) is 0 Å². The monoisotopic (exact) mass is 834 g/mol. The van der Waals surface area contributed by atoms with Gasteiger partial charge in [-0.2, -0.15) is 0 Å². The summed E-state index contributed by atoms with van der Waals surface area (Å²) in [6.07, 6.45) is 7.60. The second-order valence-corrected chi connectivity index (χ2v) is 20.9. The summed E-state index contributed by atoms with van der Waals surface area (Å²) in [5.41, 5.74) is 0. The van der Waals surface area contributed by atoms with E-state index in [9.17, 15) is 0 Å². The van der Waals surface area contributed by atoms with E-state index in [0.29, 0.717) is 0 Å². The van der Waals surface area contributed by atoms with E-state index in [4.69, 9.17) is 18.6 Å². The zero-order valence-electron chi connectivity index (χ0n) is 30.4. The molecule has 0 aliphatic carbocycles. The first kappa shape index (κ1) is 49.6. The molecule has 0 fully saturated rings. The van der Waals surface area contributed by atoms with Crippen LogP contribution < -0.4 is 31.8 Å². The quantitative estimate of drug-likeness (QED) is 0.0564. The molecule has 9 heteroatoms. The minimum absolute atomic E-state index is 0. The van der Waals surface area contributed by atoms with Crippen molar-refractivity contribution in [2.45, 2.75) is 0 Å². The normalized spacial score (nSPS) is 10.7. The van der Waals surface area contributed by atoms with Gasteiger partial charge in [0.25, 0.3) is 0 Å². The molecule has 6 rings (SSSR count). The largest absolute Gasteiger partial charge is 4.00 e. The minimum atomic E-state index is -0.386. The molecule has 0 aromatic heterocycles. The van der Waals surface area contributed by atoms with Crippen molar-refractivity contribution in [1.29, 1.82) is 0 Å². The predicted octanol–water partition coefficient (Wildman–Crippen LogP) is 8.71. The summed E-state index contributed by atoms with van der Waals surface area (Å²) in [5, 5.41) is 9.10. The summed E-state index contributed by atoms with van der Waals surface area (Å²) >= 11 is 0. The number of hydrogen-bond donors (Lipinski definition) is 0. The van der Waals surface area contributed by atoms with Crippen LogP contribution in [-0.4, -0.2) is 37.0 Å². The number of rotatable bonds is 15. The van der Waals surface area contributed by atoms with Crippen molar-refractivity contribution in [3.63, 3.8) is 0 Å². The van der Waals surface area contributed by atoms with Crippen molar-refractivity contribution >= 4 is 63.5 Å². The average molecular weight is 835 g/mol. The van der Waals surface area contributed by atoms with Crippen LogP contribution in [0.5, 0.6) is 0 Å². The van der Waals surface area contributed by atoms with E-state index in [0.717, 1.165) is 0 Å². The molecule has 6 aromatic carbocycles. The van der Waals surface area contributed by atoms with Gasteiger partial charge in [-0.1, -0.05) is 198 Å². The Balaban J connectivity index is 0.00000158. The van der Waals surface area contributed by atoms with Gasteiger partial charge in [0.2, 0.25) is 0 Å². The third kappa shape index (κ3) is 17.1. The second-order valence-electron chi connectivity index (χ2n) is 11.3. The van der Waals surface area contributed by atoms with Crippen molar-refractivity contribution in [3.8, 4) is 0 Å². The Morgan fingerprint density at radius 3 is 0.618 bits per heavy atom. The molecule has 2 unspecified atom stereocenters. The Bertz CT molecular complexity index is 1660. The molecular formula is C46H42CrO4P4+4. The third-order valence-electron chi connectivity index (χ3n) is 8.34. The Labute approximate surface area is 343 Å². The van der Waals surface area contributed by atoms with E-state index in [-0.39, 0.29) is 49.0 Å². The van der Waals surface area contributed by atoms with Gasteiger partial charge in [0.15, 0.2) is 0 Å². The van der Waals surface area contributed by atoms with Gasteiger partial charge in [0.05, 0.1) is 0 Å².